The zero-order chi connectivity index (χ0) is 25.5. The van der Waals surface area contributed by atoms with Crippen LogP contribution in [0.1, 0.15) is 34.7 Å². The van der Waals surface area contributed by atoms with E-state index in [-0.39, 0.29) is 11.5 Å². The number of hydrogen-bond acceptors (Lipinski definition) is 7. The zero-order valence-electron chi connectivity index (χ0n) is 20.5. The summed E-state index contributed by atoms with van der Waals surface area (Å²) in [4.78, 5) is 11.3. The molecule has 4 aromatic rings. The number of benzene rings is 3. The Balaban J connectivity index is 1.63. The van der Waals surface area contributed by atoms with Crippen molar-refractivity contribution in [2.24, 2.45) is 0 Å². The van der Waals surface area contributed by atoms with E-state index in [1.807, 2.05) is 98.1 Å². The maximum Gasteiger partial charge on any atom is 0.220 e. The fourth-order valence-electron chi connectivity index (χ4n) is 3.80. The Bertz CT molecular complexity index is 1330. The molecule has 0 aliphatic rings. The van der Waals surface area contributed by atoms with E-state index >= 15 is 0 Å². The lowest BCUT2D eigenvalue weighted by molar-refractivity contribution is -0.479. The molecule has 36 heavy (non-hydrogen) atoms. The highest BCUT2D eigenvalue weighted by Crippen LogP contribution is 2.39. The van der Waals surface area contributed by atoms with Gasteiger partial charge in [-0.05, 0) is 61.7 Å². The predicted octanol–water partition coefficient (Wildman–Crippen LogP) is 5.97. The molecule has 0 spiro atoms. The Morgan fingerprint density at radius 3 is 2.50 bits per heavy atom. The maximum absolute atomic E-state index is 11.6. The summed E-state index contributed by atoms with van der Waals surface area (Å²) in [5, 5.41) is 20.3. The van der Waals surface area contributed by atoms with Crippen LogP contribution < -0.4 is 9.47 Å². The van der Waals surface area contributed by atoms with E-state index in [9.17, 15) is 10.1 Å². The molecular formula is C27H28N4O4S. The molecule has 0 bridgehead atoms. The number of nitrogens with zero attached hydrogens (tertiary/aromatic N) is 4. The monoisotopic (exact) mass is 504 g/mol. The van der Waals surface area contributed by atoms with E-state index in [0.717, 1.165) is 22.4 Å². The standard InChI is InChI=1S/C27H28N4O4S/c1-4-34-25-16-22(13-14-24(25)35-18-21-10-6-5-7-11-21)26(17-30(32)33)36-27-29-28-20(3)31(27)23-12-8-9-19(2)15-23/h5-16,26H,4,17-18H2,1-3H3/t26-/m0/s1. The first-order chi connectivity index (χ1) is 17.4. The topological polar surface area (TPSA) is 92.3 Å². The molecule has 1 heterocycles. The maximum atomic E-state index is 11.6. The molecule has 0 unspecified atom stereocenters. The number of rotatable bonds is 11. The Morgan fingerprint density at radius 2 is 1.78 bits per heavy atom. The summed E-state index contributed by atoms with van der Waals surface area (Å²) in [6.07, 6.45) is 0. The average molecular weight is 505 g/mol. The van der Waals surface area contributed by atoms with Crippen LogP contribution in [0.3, 0.4) is 0 Å². The SMILES string of the molecule is CCOc1cc([C@H](C[N+](=O)[O-])Sc2nnc(C)n2-c2cccc(C)c2)ccc1OCc1ccccc1. The number of hydrogen-bond donors (Lipinski definition) is 0. The van der Waals surface area contributed by atoms with Gasteiger partial charge < -0.3 is 9.47 Å². The van der Waals surface area contributed by atoms with Crippen molar-refractivity contribution in [3.8, 4) is 17.2 Å². The van der Waals surface area contributed by atoms with Crippen LogP contribution in [0.25, 0.3) is 5.69 Å². The third-order valence-electron chi connectivity index (χ3n) is 5.49. The van der Waals surface area contributed by atoms with Gasteiger partial charge in [-0.25, -0.2) is 0 Å². The molecule has 8 nitrogen and oxygen atoms in total. The first-order valence-corrected chi connectivity index (χ1v) is 12.5. The summed E-state index contributed by atoms with van der Waals surface area (Å²) in [6.45, 7) is 6.34. The van der Waals surface area contributed by atoms with E-state index in [0.29, 0.717) is 35.7 Å². The highest BCUT2D eigenvalue weighted by atomic mass is 32.2. The molecule has 4 rings (SSSR count). The first-order valence-electron chi connectivity index (χ1n) is 11.7. The normalized spacial score (nSPS) is 11.8. The first kappa shape index (κ1) is 25.2. The smallest absolute Gasteiger partial charge is 0.220 e. The third-order valence-corrected chi connectivity index (χ3v) is 6.67. The van der Waals surface area contributed by atoms with Gasteiger partial charge in [0.2, 0.25) is 6.54 Å². The summed E-state index contributed by atoms with van der Waals surface area (Å²) >= 11 is 1.31. The zero-order valence-corrected chi connectivity index (χ0v) is 21.3. The molecule has 1 atom stereocenters. The van der Waals surface area contributed by atoms with E-state index in [4.69, 9.17) is 9.47 Å². The van der Waals surface area contributed by atoms with Gasteiger partial charge >= 0.3 is 0 Å². The van der Waals surface area contributed by atoms with Crippen molar-refractivity contribution >= 4 is 11.8 Å². The van der Waals surface area contributed by atoms with Crippen LogP contribution in [0.2, 0.25) is 0 Å². The minimum Gasteiger partial charge on any atom is -0.490 e. The molecule has 0 fully saturated rings. The van der Waals surface area contributed by atoms with Gasteiger partial charge in [-0.15, -0.1) is 10.2 Å². The van der Waals surface area contributed by atoms with Gasteiger partial charge in [0.15, 0.2) is 16.7 Å². The molecule has 0 aliphatic heterocycles. The number of aryl methyl sites for hydroxylation is 2. The lowest BCUT2D eigenvalue weighted by atomic mass is 10.1. The molecule has 0 saturated carbocycles. The van der Waals surface area contributed by atoms with Crippen molar-refractivity contribution in [1.82, 2.24) is 14.8 Å². The number of thioether (sulfide) groups is 1. The number of aromatic nitrogens is 3. The number of ether oxygens (including phenoxy) is 2. The van der Waals surface area contributed by atoms with Crippen LogP contribution in [-0.2, 0) is 6.61 Å². The molecular weight excluding hydrogens is 476 g/mol. The van der Waals surface area contributed by atoms with Gasteiger partial charge in [-0.1, -0.05) is 60.3 Å². The second kappa shape index (κ2) is 11.7. The molecule has 0 aliphatic carbocycles. The Hall–Kier alpha value is -3.85. The Labute approximate surface area is 214 Å². The second-order valence-corrected chi connectivity index (χ2v) is 9.41. The van der Waals surface area contributed by atoms with Crippen LogP contribution in [0.5, 0.6) is 11.5 Å². The number of nitro groups is 1. The van der Waals surface area contributed by atoms with Gasteiger partial charge in [0, 0.05) is 10.6 Å². The minimum atomic E-state index is -0.505. The molecule has 186 valence electrons. The van der Waals surface area contributed by atoms with E-state index in [1.165, 1.54) is 11.8 Å². The Kier molecular flexibility index (Phi) is 8.22. The molecule has 0 amide bonds. The van der Waals surface area contributed by atoms with E-state index in [1.54, 1.807) is 0 Å². The third kappa shape index (κ3) is 6.23. The summed E-state index contributed by atoms with van der Waals surface area (Å²) in [7, 11) is 0. The van der Waals surface area contributed by atoms with Crippen molar-refractivity contribution in [2.45, 2.75) is 37.8 Å². The predicted molar refractivity (Wildman–Crippen MR) is 140 cm³/mol. The fourth-order valence-corrected chi connectivity index (χ4v) is 4.97. The molecule has 9 heteroatoms. The molecule has 3 aromatic carbocycles. The fraction of sp³-hybridized carbons (Fsp3) is 0.259. The molecule has 0 radical (unpaired) electrons. The van der Waals surface area contributed by atoms with Crippen molar-refractivity contribution in [3.63, 3.8) is 0 Å². The molecule has 0 saturated heterocycles. The van der Waals surface area contributed by atoms with Gasteiger partial charge in [-0.2, -0.15) is 0 Å². The summed E-state index contributed by atoms with van der Waals surface area (Å²) in [5.41, 5.74) is 3.81. The Morgan fingerprint density at radius 1 is 0.972 bits per heavy atom. The highest BCUT2D eigenvalue weighted by molar-refractivity contribution is 7.99. The summed E-state index contributed by atoms with van der Waals surface area (Å²) in [6, 6.07) is 23.3. The lowest BCUT2D eigenvalue weighted by Gasteiger charge is -2.17. The van der Waals surface area contributed by atoms with Gasteiger partial charge in [0.25, 0.3) is 0 Å². The van der Waals surface area contributed by atoms with Crippen LogP contribution in [0.4, 0.5) is 0 Å². The van der Waals surface area contributed by atoms with Crippen LogP contribution in [-0.4, -0.2) is 32.8 Å². The largest absolute Gasteiger partial charge is 0.490 e. The van der Waals surface area contributed by atoms with Crippen molar-refractivity contribution < 1.29 is 14.4 Å². The highest BCUT2D eigenvalue weighted by Gasteiger charge is 2.25. The van der Waals surface area contributed by atoms with Crippen LogP contribution >= 0.6 is 11.8 Å². The van der Waals surface area contributed by atoms with E-state index < -0.39 is 5.25 Å². The molecule has 0 N–H and O–H groups in total. The minimum absolute atomic E-state index is 0.278. The van der Waals surface area contributed by atoms with Crippen molar-refractivity contribution in [2.75, 3.05) is 13.2 Å². The van der Waals surface area contributed by atoms with Crippen LogP contribution in [0, 0.1) is 24.0 Å². The van der Waals surface area contributed by atoms with Crippen LogP contribution in [0.15, 0.2) is 78.0 Å². The second-order valence-electron chi connectivity index (χ2n) is 8.24. The average Bonchev–Trinajstić information content (AvgIpc) is 3.23. The van der Waals surface area contributed by atoms with E-state index in [2.05, 4.69) is 10.2 Å². The van der Waals surface area contributed by atoms with Crippen molar-refractivity contribution in [1.29, 1.82) is 0 Å². The summed E-state index contributed by atoms with van der Waals surface area (Å²) < 4.78 is 13.8. The lowest BCUT2D eigenvalue weighted by Crippen LogP contribution is -2.12. The summed E-state index contributed by atoms with van der Waals surface area (Å²) in [5.74, 6) is 1.85. The quantitative estimate of drug-likeness (QED) is 0.141. The van der Waals surface area contributed by atoms with Gasteiger partial charge in [-0.3, -0.25) is 14.7 Å². The van der Waals surface area contributed by atoms with Gasteiger partial charge in [0.1, 0.15) is 17.7 Å². The van der Waals surface area contributed by atoms with Crippen molar-refractivity contribution in [3.05, 3.63) is 105 Å². The molecule has 1 aromatic heterocycles. The van der Waals surface area contributed by atoms with Gasteiger partial charge in [0.05, 0.1) is 6.61 Å².